The normalized spacial score (nSPS) is 25.8. The third-order valence-electron chi connectivity index (χ3n) is 4.03. The summed E-state index contributed by atoms with van der Waals surface area (Å²) in [7, 11) is 1.41. The van der Waals surface area contributed by atoms with E-state index >= 15 is 0 Å². The molecule has 1 saturated carbocycles. The first-order chi connectivity index (χ1) is 9.30. The van der Waals surface area contributed by atoms with Crippen LogP contribution in [0, 0.1) is 5.92 Å². The molecule has 1 aliphatic rings. The van der Waals surface area contributed by atoms with Crippen molar-refractivity contribution in [3.05, 3.63) is 0 Å². The van der Waals surface area contributed by atoms with E-state index in [1.165, 1.54) is 7.05 Å². The van der Waals surface area contributed by atoms with Gasteiger partial charge in [0.05, 0.1) is 0 Å². The van der Waals surface area contributed by atoms with E-state index in [1.54, 1.807) is 0 Å². The summed E-state index contributed by atoms with van der Waals surface area (Å²) >= 11 is 0. The summed E-state index contributed by atoms with van der Waals surface area (Å²) in [6.45, 7) is 1.84. The summed E-state index contributed by atoms with van der Waals surface area (Å²) in [5.74, 6) is -1.14. The van der Waals surface area contributed by atoms with Crippen LogP contribution < -0.4 is 11.1 Å². The quantitative estimate of drug-likeness (QED) is 0.684. The van der Waals surface area contributed by atoms with E-state index in [9.17, 15) is 19.5 Å². The summed E-state index contributed by atoms with van der Waals surface area (Å²) < 4.78 is 0. The van der Waals surface area contributed by atoms with Crippen LogP contribution in [0.1, 0.15) is 39.0 Å². The number of aliphatic carboxylic acids is 1. The Bertz CT molecular complexity index is 389. The zero-order valence-corrected chi connectivity index (χ0v) is 12.0. The van der Waals surface area contributed by atoms with Crippen LogP contribution in [-0.4, -0.2) is 47.0 Å². The predicted molar refractivity (Wildman–Crippen MR) is 73.0 cm³/mol. The summed E-state index contributed by atoms with van der Waals surface area (Å²) in [6, 6.07) is -0.582. The lowest BCUT2D eigenvalue weighted by atomic mass is 9.75. The van der Waals surface area contributed by atoms with Crippen LogP contribution in [0.5, 0.6) is 0 Å². The van der Waals surface area contributed by atoms with Gasteiger partial charge in [0.2, 0.25) is 5.91 Å². The van der Waals surface area contributed by atoms with Gasteiger partial charge < -0.3 is 21.1 Å². The highest BCUT2D eigenvalue weighted by Gasteiger charge is 2.43. The smallest absolute Gasteiger partial charge is 0.329 e. The number of carbonyl (C=O) groups is 3. The second-order valence-electron chi connectivity index (χ2n) is 5.49. The van der Waals surface area contributed by atoms with E-state index in [4.69, 9.17) is 5.73 Å². The molecule has 0 unspecified atom stereocenters. The molecule has 4 N–H and O–H groups in total. The number of rotatable bonds is 5. The van der Waals surface area contributed by atoms with E-state index in [0.717, 1.165) is 24.2 Å². The molecule has 0 atom stereocenters. The second-order valence-corrected chi connectivity index (χ2v) is 5.49. The van der Waals surface area contributed by atoms with Crippen LogP contribution in [0.2, 0.25) is 0 Å². The third kappa shape index (κ3) is 3.85. The summed E-state index contributed by atoms with van der Waals surface area (Å²) in [6.07, 6.45) is 3.41. The monoisotopic (exact) mass is 285 g/mol. The maximum atomic E-state index is 12.0. The van der Waals surface area contributed by atoms with Crippen LogP contribution in [0.25, 0.3) is 0 Å². The van der Waals surface area contributed by atoms with Crippen molar-refractivity contribution in [1.82, 2.24) is 10.2 Å². The van der Waals surface area contributed by atoms with E-state index < -0.39 is 23.4 Å². The zero-order valence-electron chi connectivity index (χ0n) is 12.0. The first-order valence-electron chi connectivity index (χ1n) is 6.85. The van der Waals surface area contributed by atoms with Crippen molar-refractivity contribution >= 4 is 17.9 Å². The molecule has 114 valence electrons. The number of nitrogens with one attached hydrogen (secondary N) is 1. The molecule has 0 spiro atoms. The van der Waals surface area contributed by atoms with Gasteiger partial charge in [-0.1, -0.05) is 13.3 Å². The number of carboxylic acids is 1. The van der Waals surface area contributed by atoms with Crippen molar-refractivity contribution in [3.8, 4) is 0 Å². The lowest BCUT2D eigenvalue weighted by Gasteiger charge is -2.38. The molecule has 1 rings (SSSR count). The van der Waals surface area contributed by atoms with Crippen LogP contribution >= 0.6 is 0 Å². The number of urea groups is 1. The molecule has 0 bridgehead atoms. The molecule has 0 aromatic carbocycles. The molecule has 1 fully saturated rings. The van der Waals surface area contributed by atoms with Gasteiger partial charge in [-0.15, -0.1) is 0 Å². The van der Waals surface area contributed by atoms with Crippen molar-refractivity contribution in [2.45, 2.75) is 44.6 Å². The Hall–Kier alpha value is -1.79. The molecule has 7 heteroatoms. The first-order valence-corrected chi connectivity index (χ1v) is 6.85. The molecular formula is C13H23N3O4. The number of hydrogen-bond donors (Lipinski definition) is 3. The number of nitrogens with two attached hydrogens (primary N) is 1. The van der Waals surface area contributed by atoms with Crippen LogP contribution in [-0.2, 0) is 9.59 Å². The van der Waals surface area contributed by atoms with Crippen LogP contribution in [0.3, 0.4) is 0 Å². The van der Waals surface area contributed by atoms with Gasteiger partial charge in [-0.05, 0) is 31.6 Å². The largest absolute Gasteiger partial charge is 0.480 e. The van der Waals surface area contributed by atoms with Crippen LogP contribution in [0.4, 0.5) is 4.79 Å². The third-order valence-corrected chi connectivity index (χ3v) is 4.03. The molecule has 0 heterocycles. The Balaban J connectivity index is 2.71. The molecule has 0 aromatic heterocycles. The molecule has 0 radical (unpaired) electrons. The molecule has 0 saturated heterocycles. The van der Waals surface area contributed by atoms with E-state index in [2.05, 4.69) is 12.2 Å². The van der Waals surface area contributed by atoms with Gasteiger partial charge in [-0.25, -0.2) is 9.59 Å². The highest BCUT2D eigenvalue weighted by atomic mass is 16.4. The molecular weight excluding hydrogens is 262 g/mol. The standard InChI is InChI=1S/C13H23N3O4/c1-3-9-4-6-13(7-5-9,11(18)19)15-12(20)16(2)8-10(14)17/h9H,3-8H2,1-2H3,(H2,14,17)(H,15,20)(H,18,19). The Morgan fingerprint density at radius 2 is 1.90 bits per heavy atom. The number of carboxylic acid groups (broad SMARTS) is 1. The average molecular weight is 285 g/mol. The summed E-state index contributed by atoms with van der Waals surface area (Å²) in [5, 5.41) is 12.0. The van der Waals surface area contributed by atoms with Crippen molar-refractivity contribution in [2.24, 2.45) is 11.7 Å². The van der Waals surface area contributed by atoms with E-state index in [-0.39, 0.29) is 6.54 Å². The van der Waals surface area contributed by atoms with Crippen molar-refractivity contribution in [3.63, 3.8) is 0 Å². The number of primary amides is 1. The fourth-order valence-corrected chi connectivity index (χ4v) is 2.58. The van der Waals surface area contributed by atoms with Gasteiger partial charge in [0.1, 0.15) is 12.1 Å². The van der Waals surface area contributed by atoms with Crippen LogP contribution in [0.15, 0.2) is 0 Å². The number of carbonyl (C=O) groups excluding carboxylic acids is 2. The molecule has 20 heavy (non-hydrogen) atoms. The number of hydrogen-bond acceptors (Lipinski definition) is 3. The Morgan fingerprint density at radius 3 is 2.30 bits per heavy atom. The van der Waals surface area contributed by atoms with Gasteiger partial charge in [0.15, 0.2) is 0 Å². The fourth-order valence-electron chi connectivity index (χ4n) is 2.58. The van der Waals surface area contributed by atoms with Gasteiger partial charge in [0.25, 0.3) is 0 Å². The Labute approximate surface area is 118 Å². The number of likely N-dealkylation sites (N-methyl/N-ethyl adjacent to an activating group) is 1. The Morgan fingerprint density at radius 1 is 1.35 bits per heavy atom. The predicted octanol–water partition coefficient (Wildman–Crippen LogP) is 0.537. The number of amides is 3. The lowest BCUT2D eigenvalue weighted by Crippen LogP contribution is -2.59. The van der Waals surface area contributed by atoms with Gasteiger partial charge in [0, 0.05) is 7.05 Å². The molecule has 0 aliphatic heterocycles. The molecule has 7 nitrogen and oxygen atoms in total. The zero-order chi connectivity index (χ0) is 15.3. The molecule has 0 aromatic rings. The molecule has 3 amide bonds. The highest BCUT2D eigenvalue weighted by molar-refractivity contribution is 5.88. The minimum atomic E-state index is -1.23. The summed E-state index contributed by atoms with van der Waals surface area (Å²) in [4.78, 5) is 35.4. The van der Waals surface area contributed by atoms with Crippen molar-refractivity contribution in [1.29, 1.82) is 0 Å². The minimum absolute atomic E-state index is 0.237. The Kier molecular flexibility index (Phi) is 5.35. The fraction of sp³-hybridized carbons (Fsp3) is 0.769. The van der Waals surface area contributed by atoms with E-state index in [1.807, 2.05) is 0 Å². The highest BCUT2D eigenvalue weighted by Crippen LogP contribution is 2.34. The lowest BCUT2D eigenvalue weighted by molar-refractivity contribution is -0.146. The maximum absolute atomic E-state index is 12.0. The maximum Gasteiger partial charge on any atom is 0.329 e. The molecule has 1 aliphatic carbocycles. The second kappa shape index (κ2) is 6.58. The first kappa shape index (κ1) is 16.3. The van der Waals surface area contributed by atoms with Crippen molar-refractivity contribution in [2.75, 3.05) is 13.6 Å². The van der Waals surface area contributed by atoms with Gasteiger partial charge >= 0.3 is 12.0 Å². The van der Waals surface area contributed by atoms with Gasteiger partial charge in [-0.2, -0.15) is 0 Å². The van der Waals surface area contributed by atoms with Crippen molar-refractivity contribution < 1.29 is 19.5 Å². The summed E-state index contributed by atoms with van der Waals surface area (Å²) in [5.41, 5.74) is 3.79. The number of nitrogens with zero attached hydrogens (tertiary/aromatic N) is 1. The SMILES string of the molecule is CCC1CCC(NC(=O)N(C)CC(N)=O)(C(=O)O)CC1. The van der Waals surface area contributed by atoms with E-state index in [0.29, 0.717) is 18.8 Å². The average Bonchev–Trinajstić information content (AvgIpc) is 2.38. The van der Waals surface area contributed by atoms with Gasteiger partial charge in [-0.3, -0.25) is 4.79 Å². The minimum Gasteiger partial charge on any atom is -0.480 e. The topological polar surface area (TPSA) is 113 Å².